The van der Waals surface area contributed by atoms with Crippen molar-refractivity contribution in [2.75, 3.05) is 13.1 Å². The number of carbonyl (C=O) groups is 1. The Kier molecular flexibility index (Phi) is 5.33. The summed E-state index contributed by atoms with van der Waals surface area (Å²) in [5, 5.41) is 0.923. The molecule has 1 saturated heterocycles. The number of amides is 1. The normalized spacial score (nSPS) is 15.2. The lowest BCUT2D eigenvalue weighted by Gasteiger charge is -2.32. The van der Waals surface area contributed by atoms with Crippen molar-refractivity contribution in [3.63, 3.8) is 0 Å². The molecule has 1 fully saturated rings. The maximum Gasteiger partial charge on any atom is 0.280 e. The van der Waals surface area contributed by atoms with Crippen LogP contribution in [0.4, 0.5) is 8.78 Å². The molecule has 3 heterocycles. The molecule has 1 aromatic carbocycles. The van der Waals surface area contributed by atoms with Gasteiger partial charge in [-0.2, -0.15) is 0 Å². The molecule has 1 amide bonds. The van der Waals surface area contributed by atoms with E-state index in [1.165, 1.54) is 10.9 Å². The average molecular weight is 398 g/mol. The zero-order valence-corrected chi connectivity index (χ0v) is 15.7. The van der Waals surface area contributed by atoms with Crippen LogP contribution in [0.3, 0.4) is 0 Å². The number of pyridine rings is 1. The SMILES string of the molecule is O=C(c1ccc2ncccc2c1)N1CCC(Cn2cnc(C(F)F)cc2=O)CC1. The standard InChI is InChI=1S/C21H20F2N4O2/c22-20(23)18-11-19(28)27(13-25-18)12-14-5-8-26(9-6-14)21(29)16-3-4-17-15(10-16)2-1-7-24-17/h1-4,7,10-11,13-14,20H,5-6,8-9,12H2. The number of likely N-dealkylation sites (tertiary alicyclic amines) is 1. The molecule has 0 saturated carbocycles. The third-order valence-electron chi connectivity index (χ3n) is 5.33. The average Bonchev–Trinajstić information content (AvgIpc) is 2.74. The highest BCUT2D eigenvalue weighted by Gasteiger charge is 2.24. The van der Waals surface area contributed by atoms with E-state index < -0.39 is 17.7 Å². The van der Waals surface area contributed by atoms with Crippen LogP contribution in [0.5, 0.6) is 0 Å². The minimum Gasteiger partial charge on any atom is -0.339 e. The van der Waals surface area contributed by atoms with E-state index in [0.29, 0.717) is 25.2 Å². The summed E-state index contributed by atoms with van der Waals surface area (Å²) in [5.41, 5.74) is 0.502. The zero-order valence-electron chi connectivity index (χ0n) is 15.7. The summed E-state index contributed by atoms with van der Waals surface area (Å²) in [6.45, 7) is 1.59. The van der Waals surface area contributed by atoms with Crippen molar-refractivity contribution >= 4 is 16.8 Å². The van der Waals surface area contributed by atoms with E-state index in [4.69, 9.17) is 0 Å². The minimum absolute atomic E-state index is 0.0191. The van der Waals surface area contributed by atoms with Crippen molar-refractivity contribution in [3.8, 4) is 0 Å². The molecule has 1 aliphatic rings. The topological polar surface area (TPSA) is 68.1 Å². The zero-order chi connectivity index (χ0) is 20.4. The lowest BCUT2D eigenvalue weighted by Crippen LogP contribution is -2.40. The number of hydrogen-bond donors (Lipinski definition) is 0. The van der Waals surface area contributed by atoms with E-state index in [-0.39, 0.29) is 11.8 Å². The minimum atomic E-state index is -2.75. The Morgan fingerprint density at radius 3 is 2.66 bits per heavy atom. The molecule has 29 heavy (non-hydrogen) atoms. The molecule has 6 nitrogen and oxygen atoms in total. The molecule has 0 N–H and O–H groups in total. The highest BCUT2D eigenvalue weighted by Crippen LogP contribution is 2.22. The molecule has 1 aliphatic heterocycles. The molecule has 3 aromatic rings. The first-order valence-corrected chi connectivity index (χ1v) is 9.50. The van der Waals surface area contributed by atoms with Gasteiger partial charge in [0.2, 0.25) is 0 Å². The Bertz CT molecular complexity index is 1090. The largest absolute Gasteiger partial charge is 0.339 e. The number of nitrogens with zero attached hydrogens (tertiary/aromatic N) is 4. The second-order valence-electron chi connectivity index (χ2n) is 7.25. The Morgan fingerprint density at radius 2 is 1.93 bits per heavy atom. The first kappa shape index (κ1) is 19.2. The summed E-state index contributed by atoms with van der Waals surface area (Å²) in [7, 11) is 0. The maximum absolute atomic E-state index is 12.8. The van der Waals surface area contributed by atoms with Crippen LogP contribution in [0.25, 0.3) is 10.9 Å². The fourth-order valence-corrected chi connectivity index (χ4v) is 3.68. The van der Waals surface area contributed by atoms with E-state index in [0.717, 1.165) is 29.8 Å². The molecular formula is C21H20F2N4O2. The second kappa shape index (κ2) is 8.06. The van der Waals surface area contributed by atoms with Crippen molar-refractivity contribution in [2.24, 2.45) is 5.92 Å². The molecule has 0 aliphatic carbocycles. The molecule has 8 heteroatoms. The number of aromatic nitrogens is 3. The summed E-state index contributed by atoms with van der Waals surface area (Å²) in [5.74, 6) is 0.172. The number of fused-ring (bicyclic) bond motifs is 1. The van der Waals surface area contributed by atoms with Gasteiger partial charge in [-0.15, -0.1) is 0 Å². The van der Waals surface area contributed by atoms with Gasteiger partial charge >= 0.3 is 0 Å². The van der Waals surface area contributed by atoms with Gasteiger partial charge in [0.05, 0.1) is 11.8 Å². The highest BCUT2D eigenvalue weighted by molar-refractivity contribution is 5.97. The van der Waals surface area contributed by atoms with Gasteiger partial charge in [-0.1, -0.05) is 6.07 Å². The summed E-state index contributed by atoms with van der Waals surface area (Å²) >= 11 is 0. The van der Waals surface area contributed by atoms with Gasteiger partial charge in [-0.3, -0.25) is 19.1 Å². The molecule has 150 valence electrons. The van der Waals surface area contributed by atoms with Gasteiger partial charge in [0.25, 0.3) is 17.9 Å². The van der Waals surface area contributed by atoms with E-state index >= 15 is 0 Å². The molecule has 4 rings (SSSR count). The van der Waals surface area contributed by atoms with Crippen LogP contribution in [0, 0.1) is 5.92 Å². The lowest BCUT2D eigenvalue weighted by atomic mass is 9.96. The molecule has 0 spiro atoms. The number of piperidine rings is 1. The summed E-state index contributed by atoms with van der Waals surface area (Å²) in [6.07, 6.45) is 1.63. The smallest absolute Gasteiger partial charge is 0.280 e. The van der Waals surface area contributed by atoms with Crippen LogP contribution < -0.4 is 5.56 Å². The number of rotatable bonds is 4. The summed E-state index contributed by atoms with van der Waals surface area (Å²) in [4.78, 5) is 34.6. The fourth-order valence-electron chi connectivity index (χ4n) is 3.68. The van der Waals surface area contributed by atoms with Crippen molar-refractivity contribution in [1.29, 1.82) is 0 Å². The van der Waals surface area contributed by atoms with E-state index in [1.54, 1.807) is 12.3 Å². The third-order valence-corrected chi connectivity index (χ3v) is 5.33. The third kappa shape index (κ3) is 4.16. The maximum atomic E-state index is 12.8. The van der Waals surface area contributed by atoms with Gasteiger partial charge in [-0.05, 0) is 43.0 Å². The molecule has 0 atom stereocenters. The molecular weight excluding hydrogens is 378 g/mol. The van der Waals surface area contributed by atoms with Crippen LogP contribution in [0.15, 0.2) is 53.7 Å². The molecule has 0 radical (unpaired) electrons. The van der Waals surface area contributed by atoms with Crippen LogP contribution in [-0.2, 0) is 6.54 Å². The van der Waals surface area contributed by atoms with Gasteiger partial charge in [0.15, 0.2) is 0 Å². The number of hydrogen-bond acceptors (Lipinski definition) is 4. The van der Waals surface area contributed by atoms with Gasteiger partial charge in [-0.25, -0.2) is 13.8 Å². The summed E-state index contributed by atoms with van der Waals surface area (Å²) in [6, 6.07) is 10.1. The van der Waals surface area contributed by atoms with Crippen molar-refractivity contribution in [1.82, 2.24) is 19.4 Å². The van der Waals surface area contributed by atoms with Crippen LogP contribution >= 0.6 is 0 Å². The van der Waals surface area contributed by atoms with Crippen LogP contribution in [0.2, 0.25) is 0 Å². The van der Waals surface area contributed by atoms with Gasteiger partial charge in [0.1, 0.15) is 5.69 Å². The van der Waals surface area contributed by atoms with Gasteiger partial charge in [0, 0.05) is 42.8 Å². The van der Waals surface area contributed by atoms with E-state index in [9.17, 15) is 18.4 Å². The Morgan fingerprint density at radius 1 is 1.14 bits per heavy atom. The predicted octanol–water partition coefficient (Wildman–Crippen LogP) is 3.28. The number of carbonyl (C=O) groups excluding carboxylic acids is 1. The van der Waals surface area contributed by atoms with Crippen molar-refractivity contribution < 1.29 is 13.6 Å². The van der Waals surface area contributed by atoms with Crippen molar-refractivity contribution in [3.05, 3.63) is 70.5 Å². The van der Waals surface area contributed by atoms with Crippen molar-refractivity contribution in [2.45, 2.75) is 25.8 Å². The second-order valence-corrected chi connectivity index (χ2v) is 7.25. The highest BCUT2D eigenvalue weighted by atomic mass is 19.3. The predicted molar refractivity (Wildman–Crippen MR) is 104 cm³/mol. The first-order valence-electron chi connectivity index (χ1n) is 9.50. The number of alkyl halides is 2. The summed E-state index contributed by atoms with van der Waals surface area (Å²) < 4.78 is 26.6. The number of benzene rings is 1. The monoisotopic (exact) mass is 398 g/mol. The first-order chi connectivity index (χ1) is 14.0. The Balaban J connectivity index is 1.38. The number of halogens is 2. The Labute approximate surface area is 165 Å². The lowest BCUT2D eigenvalue weighted by molar-refractivity contribution is 0.0682. The molecule has 2 aromatic heterocycles. The van der Waals surface area contributed by atoms with Gasteiger partial charge < -0.3 is 4.90 Å². The van der Waals surface area contributed by atoms with E-state index in [1.807, 2.05) is 29.2 Å². The van der Waals surface area contributed by atoms with E-state index in [2.05, 4.69) is 9.97 Å². The molecule has 0 bridgehead atoms. The van der Waals surface area contributed by atoms with Crippen LogP contribution in [0.1, 0.15) is 35.3 Å². The van der Waals surface area contributed by atoms with Crippen LogP contribution in [-0.4, -0.2) is 38.4 Å². The fraction of sp³-hybridized carbons (Fsp3) is 0.333. The quantitative estimate of drug-likeness (QED) is 0.676. The Hall–Kier alpha value is -3.16. The molecule has 0 unspecified atom stereocenters.